The topological polar surface area (TPSA) is 35.6 Å². The highest BCUT2D eigenvalue weighted by Gasteiger charge is 2.21. The van der Waals surface area contributed by atoms with Crippen molar-refractivity contribution in [2.24, 2.45) is 0 Å². The van der Waals surface area contributed by atoms with E-state index in [1.165, 1.54) is 10.8 Å². The predicted octanol–water partition coefficient (Wildman–Crippen LogP) is 7.18. The van der Waals surface area contributed by atoms with Gasteiger partial charge in [-0.25, -0.2) is 9.97 Å². The minimum absolute atomic E-state index is 0.869. The summed E-state index contributed by atoms with van der Waals surface area (Å²) >= 11 is 0. The summed E-state index contributed by atoms with van der Waals surface area (Å²) in [6, 6.07) is 37.9. The Labute approximate surface area is 196 Å². The molecule has 0 aliphatic carbocycles. The fourth-order valence-corrected chi connectivity index (χ4v) is 4.98. The summed E-state index contributed by atoms with van der Waals surface area (Å²) in [5, 5.41) is 2.43. The van der Waals surface area contributed by atoms with Gasteiger partial charge in [-0.2, -0.15) is 0 Å². The maximum atomic E-state index is 4.87. The second kappa shape index (κ2) is 7.42. The van der Waals surface area contributed by atoms with Crippen LogP contribution in [-0.2, 0) is 0 Å². The Balaban J connectivity index is 1.65. The largest absolute Gasteiger partial charge is 0.311 e. The summed E-state index contributed by atoms with van der Waals surface area (Å²) in [5.41, 5.74) is 7.47. The lowest BCUT2D eigenvalue weighted by Gasteiger charge is -2.11. The molecule has 0 N–H and O–H groups in total. The van der Waals surface area contributed by atoms with Gasteiger partial charge in [0.25, 0.3) is 0 Å². The summed E-state index contributed by atoms with van der Waals surface area (Å²) in [5.74, 6) is 0.869. The molecule has 0 unspecified atom stereocenters. The van der Waals surface area contributed by atoms with Crippen LogP contribution in [0.5, 0.6) is 0 Å². The van der Waals surface area contributed by atoms with E-state index in [1.54, 1.807) is 6.33 Å². The number of benzene rings is 4. The molecule has 34 heavy (non-hydrogen) atoms. The molecule has 3 aromatic heterocycles. The van der Waals surface area contributed by atoms with Crippen LogP contribution in [-0.4, -0.2) is 19.1 Å². The maximum Gasteiger partial charge on any atom is 0.166 e. The lowest BCUT2D eigenvalue weighted by Crippen LogP contribution is -2.03. The van der Waals surface area contributed by atoms with Gasteiger partial charge in [-0.1, -0.05) is 84.9 Å². The Morgan fingerprint density at radius 1 is 0.559 bits per heavy atom. The van der Waals surface area contributed by atoms with Gasteiger partial charge in [0.2, 0.25) is 0 Å². The molecule has 4 nitrogen and oxygen atoms in total. The Morgan fingerprint density at radius 2 is 1.15 bits per heavy atom. The molecular weight excluding hydrogens is 416 g/mol. The molecule has 7 rings (SSSR count). The highest BCUT2D eigenvalue weighted by Crippen LogP contribution is 2.37. The highest BCUT2D eigenvalue weighted by atomic mass is 15.1. The lowest BCUT2D eigenvalue weighted by molar-refractivity contribution is 1.03. The second-order valence-electron chi connectivity index (χ2n) is 8.38. The zero-order chi connectivity index (χ0) is 22.5. The van der Waals surface area contributed by atoms with Gasteiger partial charge < -0.3 is 4.57 Å². The summed E-state index contributed by atoms with van der Waals surface area (Å²) in [4.78, 5) is 9.66. The minimum Gasteiger partial charge on any atom is -0.311 e. The van der Waals surface area contributed by atoms with Crippen molar-refractivity contribution < 1.29 is 0 Å². The molecule has 0 aliphatic rings. The molecule has 4 heteroatoms. The number of hydrogen-bond donors (Lipinski definition) is 0. The van der Waals surface area contributed by atoms with Crippen LogP contribution < -0.4 is 0 Å². The number of fused-ring (bicyclic) bond motifs is 4. The standard InChI is InChI=1S/C30H20N4/c1-3-11-21(12-4-1)25-19-33(22-13-5-2-6-14-22)29-28(25)31-20-32-30(29)34-26-17-9-7-15-23(26)24-16-8-10-18-27(24)34/h1-20H. The SMILES string of the molecule is c1ccc(-c2cn(-c3ccccc3)c3c(-n4c5ccccc5c5ccccc54)ncnc23)cc1. The highest BCUT2D eigenvalue weighted by molar-refractivity contribution is 6.10. The molecule has 160 valence electrons. The first-order valence-corrected chi connectivity index (χ1v) is 11.4. The molecule has 3 heterocycles. The van der Waals surface area contributed by atoms with E-state index < -0.39 is 0 Å². The Bertz CT molecular complexity index is 1740. The molecular formula is C30H20N4. The monoisotopic (exact) mass is 436 g/mol. The van der Waals surface area contributed by atoms with E-state index in [0.29, 0.717) is 0 Å². The van der Waals surface area contributed by atoms with E-state index in [9.17, 15) is 0 Å². The van der Waals surface area contributed by atoms with Gasteiger partial charge in [0.1, 0.15) is 17.4 Å². The minimum atomic E-state index is 0.869. The molecule has 0 bridgehead atoms. The third kappa shape index (κ3) is 2.72. The van der Waals surface area contributed by atoms with Crippen LogP contribution in [0.15, 0.2) is 122 Å². The molecule has 4 aromatic carbocycles. The van der Waals surface area contributed by atoms with Crippen LogP contribution in [0, 0.1) is 0 Å². The third-order valence-corrected chi connectivity index (χ3v) is 6.47. The van der Waals surface area contributed by atoms with Crippen molar-refractivity contribution in [2.45, 2.75) is 0 Å². The van der Waals surface area contributed by atoms with Gasteiger partial charge in [0.05, 0.1) is 11.0 Å². The normalized spacial score (nSPS) is 11.5. The Kier molecular flexibility index (Phi) is 4.11. The van der Waals surface area contributed by atoms with Crippen LogP contribution in [0.25, 0.3) is 55.5 Å². The smallest absolute Gasteiger partial charge is 0.166 e. The first kappa shape index (κ1) is 18.8. The van der Waals surface area contributed by atoms with Crippen LogP contribution >= 0.6 is 0 Å². The first-order valence-electron chi connectivity index (χ1n) is 11.4. The average molecular weight is 437 g/mol. The van der Waals surface area contributed by atoms with E-state index in [2.05, 4.69) is 112 Å². The molecule has 0 saturated heterocycles. The van der Waals surface area contributed by atoms with Crippen molar-refractivity contribution in [1.29, 1.82) is 0 Å². The Hall–Kier alpha value is -4.70. The van der Waals surface area contributed by atoms with Crippen molar-refractivity contribution >= 4 is 32.8 Å². The number of aromatic nitrogens is 4. The van der Waals surface area contributed by atoms with Gasteiger partial charge in [0.15, 0.2) is 5.82 Å². The second-order valence-corrected chi connectivity index (χ2v) is 8.38. The molecule has 0 saturated carbocycles. The number of hydrogen-bond acceptors (Lipinski definition) is 2. The fourth-order valence-electron chi connectivity index (χ4n) is 4.98. The van der Waals surface area contributed by atoms with Crippen molar-refractivity contribution in [3.63, 3.8) is 0 Å². The fraction of sp³-hybridized carbons (Fsp3) is 0. The summed E-state index contributed by atoms with van der Waals surface area (Å²) in [6.45, 7) is 0. The predicted molar refractivity (Wildman–Crippen MR) is 139 cm³/mol. The van der Waals surface area contributed by atoms with Gasteiger partial charge >= 0.3 is 0 Å². The Morgan fingerprint density at radius 3 is 1.82 bits per heavy atom. The van der Waals surface area contributed by atoms with Crippen molar-refractivity contribution in [2.75, 3.05) is 0 Å². The number of rotatable bonds is 3. The molecule has 0 aliphatic heterocycles. The van der Waals surface area contributed by atoms with Crippen LogP contribution in [0.4, 0.5) is 0 Å². The number of nitrogens with zero attached hydrogens (tertiary/aromatic N) is 4. The zero-order valence-electron chi connectivity index (χ0n) is 18.3. The third-order valence-electron chi connectivity index (χ3n) is 6.47. The summed E-state index contributed by atoms with van der Waals surface area (Å²) in [6.07, 6.45) is 3.87. The summed E-state index contributed by atoms with van der Waals surface area (Å²) < 4.78 is 4.49. The van der Waals surface area contributed by atoms with Gasteiger partial charge in [-0.3, -0.25) is 4.57 Å². The molecule has 0 amide bonds. The van der Waals surface area contributed by atoms with Gasteiger partial charge in [-0.05, 0) is 29.8 Å². The quantitative estimate of drug-likeness (QED) is 0.294. The first-order chi connectivity index (χ1) is 16.9. The molecule has 0 spiro atoms. The number of para-hydroxylation sites is 3. The van der Waals surface area contributed by atoms with Crippen molar-refractivity contribution in [3.05, 3.63) is 122 Å². The molecule has 0 radical (unpaired) electrons. The lowest BCUT2D eigenvalue weighted by atomic mass is 10.1. The summed E-state index contributed by atoms with van der Waals surface area (Å²) in [7, 11) is 0. The van der Waals surface area contributed by atoms with Crippen LogP contribution in [0.1, 0.15) is 0 Å². The maximum absolute atomic E-state index is 4.87. The van der Waals surface area contributed by atoms with Crippen molar-refractivity contribution in [1.82, 2.24) is 19.1 Å². The van der Waals surface area contributed by atoms with E-state index in [-0.39, 0.29) is 0 Å². The van der Waals surface area contributed by atoms with Crippen LogP contribution in [0.2, 0.25) is 0 Å². The molecule has 7 aromatic rings. The van der Waals surface area contributed by atoms with Crippen LogP contribution in [0.3, 0.4) is 0 Å². The van der Waals surface area contributed by atoms with E-state index in [1.807, 2.05) is 12.1 Å². The van der Waals surface area contributed by atoms with Gasteiger partial charge in [0, 0.05) is 28.2 Å². The van der Waals surface area contributed by atoms with E-state index in [0.717, 1.165) is 44.7 Å². The van der Waals surface area contributed by atoms with Crippen molar-refractivity contribution in [3.8, 4) is 22.6 Å². The zero-order valence-corrected chi connectivity index (χ0v) is 18.3. The van der Waals surface area contributed by atoms with E-state index >= 15 is 0 Å². The van der Waals surface area contributed by atoms with E-state index in [4.69, 9.17) is 9.97 Å². The van der Waals surface area contributed by atoms with Gasteiger partial charge in [-0.15, -0.1) is 0 Å². The average Bonchev–Trinajstić information content (AvgIpc) is 3.46. The molecule has 0 fully saturated rings. The molecule has 0 atom stereocenters.